The maximum Gasteiger partial charge on any atom is 1.00 e. The molecule has 3 aromatic carbocycles. The zero-order valence-electron chi connectivity index (χ0n) is 12.3. The molecule has 0 radical (unpaired) electrons. The molecule has 0 aliphatic carbocycles. The van der Waals surface area contributed by atoms with Crippen LogP contribution in [-0.4, -0.2) is 13.9 Å². The van der Waals surface area contributed by atoms with Crippen molar-refractivity contribution in [3.8, 4) is 5.75 Å². The fraction of sp³-hybridized carbons (Fsp3) is 0. The van der Waals surface area contributed by atoms with Crippen LogP contribution >= 0.6 is 0 Å². The summed E-state index contributed by atoms with van der Waals surface area (Å²) in [7, 11) is 0. The zero-order chi connectivity index (χ0) is 15.5. The monoisotopic (exact) mass is 334 g/mol. The maximum atomic E-state index is 11.1. The van der Waals surface area contributed by atoms with E-state index < -0.39 is 11.1 Å². The van der Waals surface area contributed by atoms with Gasteiger partial charge in [-0.05, 0) is 34.7 Å². The third kappa shape index (κ3) is 3.85. The number of phenols is 1. The van der Waals surface area contributed by atoms with Crippen LogP contribution in [0.2, 0.25) is 0 Å². The van der Waals surface area contributed by atoms with Crippen LogP contribution in [0.4, 0.5) is 11.4 Å². The largest absolute Gasteiger partial charge is 1.00 e. The molecule has 0 fully saturated rings. The Kier molecular flexibility index (Phi) is 6.04. The van der Waals surface area contributed by atoms with Crippen molar-refractivity contribution in [1.29, 1.82) is 0 Å². The number of azo groups is 1. The van der Waals surface area contributed by atoms with Crippen LogP contribution in [0.5, 0.6) is 5.75 Å². The maximum absolute atomic E-state index is 11.1. The second-order valence-electron chi connectivity index (χ2n) is 4.56. The van der Waals surface area contributed by atoms with Crippen molar-refractivity contribution < 1.29 is 43.4 Å². The van der Waals surface area contributed by atoms with Gasteiger partial charge in [-0.1, -0.05) is 42.5 Å². The summed E-state index contributed by atoms with van der Waals surface area (Å²) in [5, 5.41) is 19.7. The third-order valence-electron chi connectivity index (χ3n) is 3.19. The third-order valence-corrected chi connectivity index (χ3v) is 3.89. The predicted octanol–water partition coefficient (Wildman–Crippen LogP) is 1.20. The Balaban J connectivity index is 0.00000192. The first kappa shape index (κ1) is 17.8. The molecule has 0 saturated heterocycles. The number of phenolic OH excluding ortho intramolecular Hbond substituents is 1. The van der Waals surface area contributed by atoms with Gasteiger partial charge >= 0.3 is 29.6 Å². The molecule has 1 N–H and O–H groups in total. The van der Waals surface area contributed by atoms with Crippen molar-refractivity contribution in [3.63, 3.8) is 0 Å². The minimum absolute atomic E-state index is 0. The Morgan fingerprint density at radius 2 is 1.52 bits per heavy atom. The van der Waals surface area contributed by atoms with Gasteiger partial charge in [-0.3, -0.25) is 4.21 Å². The molecular weight excluding hydrogens is 323 g/mol. The van der Waals surface area contributed by atoms with Crippen molar-refractivity contribution in [2.45, 2.75) is 4.90 Å². The molecule has 0 spiro atoms. The normalized spacial score (nSPS) is 12.2. The van der Waals surface area contributed by atoms with Crippen LogP contribution in [0.25, 0.3) is 10.8 Å². The van der Waals surface area contributed by atoms with Crippen LogP contribution in [0.1, 0.15) is 0 Å². The van der Waals surface area contributed by atoms with Gasteiger partial charge < -0.3 is 9.66 Å². The van der Waals surface area contributed by atoms with Crippen molar-refractivity contribution in [2.24, 2.45) is 10.2 Å². The Morgan fingerprint density at radius 1 is 0.870 bits per heavy atom. The average Bonchev–Trinajstić information content (AvgIpc) is 2.55. The van der Waals surface area contributed by atoms with Gasteiger partial charge in [0.2, 0.25) is 0 Å². The molecule has 0 amide bonds. The Hall–Kier alpha value is -1.57. The average molecular weight is 334 g/mol. The van der Waals surface area contributed by atoms with Gasteiger partial charge in [0.25, 0.3) is 0 Å². The first-order chi connectivity index (χ1) is 10.7. The fourth-order valence-corrected chi connectivity index (χ4v) is 2.58. The number of rotatable bonds is 3. The molecule has 0 heterocycles. The Morgan fingerprint density at radius 3 is 2.30 bits per heavy atom. The summed E-state index contributed by atoms with van der Waals surface area (Å²) in [6, 6.07) is 17.1. The summed E-state index contributed by atoms with van der Waals surface area (Å²) in [5.41, 5.74) is 0.508. The van der Waals surface area contributed by atoms with E-state index in [4.69, 9.17) is 0 Å². The standard InChI is InChI=1S/C16H12N2O3S.Na/c19-16-12-6-2-1-5-11(12)9-10-14(16)18-17-13-7-3-4-8-15(13)22(20)21;/h1-10,19H,(H,20,21);/q;+1/p-1. The van der Waals surface area contributed by atoms with Gasteiger partial charge in [-0.2, -0.15) is 0 Å². The van der Waals surface area contributed by atoms with E-state index in [1.807, 2.05) is 24.3 Å². The molecule has 1 atom stereocenters. The van der Waals surface area contributed by atoms with E-state index in [-0.39, 0.29) is 51.6 Å². The van der Waals surface area contributed by atoms with Gasteiger partial charge in [-0.15, -0.1) is 10.2 Å². The van der Waals surface area contributed by atoms with Crippen molar-refractivity contribution in [3.05, 3.63) is 60.7 Å². The topological polar surface area (TPSA) is 85.1 Å². The number of aromatic hydroxyl groups is 1. The molecule has 110 valence electrons. The van der Waals surface area contributed by atoms with E-state index in [2.05, 4.69) is 10.2 Å². The van der Waals surface area contributed by atoms with Crippen LogP contribution in [0, 0.1) is 0 Å². The summed E-state index contributed by atoms with van der Waals surface area (Å²) >= 11 is -2.39. The number of nitrogens with zero attached hydrogens (tertiary/aromatic N) is 2. The van der Waals surface area contributed by atoms with Gasteiger partial charge in [-0.25, -0.2) is 0 Å². The molecule has 1 unspecified atom stereocenters. The molecule has 0 aromatic heterocycles. The molecule has 0 bridgehead atoms. The van der Waals surface area contributed by atoms with E-state index in [0.717, 1.165) is 5.39 Å². The van der Waals surface area contributed by atoms with Crippen LogP contribution in [0.15, 0.2) is 75.8 Å². The minimum atomic E-state index is -2.39. The van der Waals surface area contributed by atoms with Crippen molar-refractivity contribution in [1.82, 2.24) is 0 Å². The second kappa shape index (κ2) is 7.81. The van der Waals surface area contributed by atoms with Gasteiger partial charge in [0.15, 0.2) is 5.75 Å². The SMILES string of the molecule is O=S([O-])c1ccccc1N=Nc1ccc2ccccc2c1O.[Na+]. The summed E-state index contributed by atoms with van der Waals surface area (Å²) in [6.07, 6.45) is 0. The van der Waals surface area contributed by atoms with Crippen LogP contribution in [0.3, 0.4) is 0 Å². The summed E-state index contributed by atoms with van der Waals surface area (Å²) in [5.74, 6) is 0.0163. The Bertz CT molecular complexity index is 899. The van der Waals surface area contributed by atoms with Crippen molar-refractivity contribution >= 4 is 33.2 Å². The Labute approximate surface area is 157 Å². The minimum Gasteiger partial charge on any atom is -0.768 e. The van der Waals surface area contributed by atoms with Gasteiger partial charge in [0.1, 0.15) is 11.4 Å². The predicted molar refractivity (Wildman–Crippen MR) is 83.4 cm³/mol. The van der Waals surface area contributed by atoms with Crippen molar-refractivity contribution in [2.75, 3.05) is 0 Å². The second-order valence-corrected chi connectivity index (χ2v) is 5.47. The first-order valence-electron chi connectivity index (χ1n) is 6.47. The van der Waals surface area contributed by atoms with E-state index >= 15 is 0 Å². The molecule has 0 saturated carbocycles. The molecule has 0 aliphatic heterocycles. The first-order valence-corrected chi connectivity index (χ1v) is 7.55. The summed E-state index contributed by atoms with van der Waals surface area (Å²) in [4.78, 5) is 0.0616. The van der Waals surface area contributed by atoms with Crippen LogP contribution < -0.4 is 29.6 Å². The smallest absolute Gasteiger partial charge is 0.768 e. The quantitative estimate of drug-likeness (QED) is 0.444. The molecule has 5 nitrogen and oxygen atoms in total. The zero-order valence-corrected chi connectivity index (χ0v) is 15.2. The molecular formula is C16H11N2NaO3S. The molecule has 3 aromatic rings. The molecule has 0 aliphatic rings. The number of fused-ring (bicyclic) bond motifs is 1. The van der Waals surface area contributed by atoms with E-state index in [1.54, 1.807) is 30.3 Å². The van der Waals surface area contributed by atoms with E-state index in [9.17, 15) is 13.9 Å². The summed E-state index contributed by atoms with van der Waals surface area (Å²) < 4.78 is 22.2. The van der Waals surface area contributed by atoms with Crippen LogP contribution in [-0.2, 0) is 11.1 Å². The number of benzene rings is 3. The molecule has 3 rings (SSSR count). The van der Waals surface area contributed by atoms with Gasteiger partial charge in [0, 0.05) is 5.39 Å². The van der Waals surface area contributed by atoms with E-state index in [0.29, 0.717) is 5.39 Å². The fourth-order valence-electron chi connectivity index (χ4n) is 2.11. The van der Waals surface area contributed by atoms with E-state index in [1.165, 1.54) is 6.07 Å². The summed E-state index contributed by atoms with van der Waals surface area (Å²) in [6.45, 7) is 0. The number of hydrogen-bond acceptors (Lipinski definition) is 5. The molecule has 23 heavy (non-hydrogen) atoms. The van der Waals surface area contributed by atoms with Gasteiger partial charge in [0.05, 0.1) is 4.90 Å². The molecule has 7 heteroatoms. The number of hydrogen-bond donors (Lipinski definition) is 1.